The number of aliphatic hydroxyl groups excluding tert-OH is 1. The number of aromatic nitrogens is 4. The summed E-state index contributed by atoms with van der Waals surface area (Å²) in [6.07, 6.45) is 3.84. The van der Waals surface area contributed by atoms with E-state index in [2.05, 4.69) is 25.9 Å². The number of hydrogen-bond donors (Lipinski definition) is 4. The molecule has 0 spiro atoms. The highest BCUT2D eigenvalue weighted by Crippen LogP contribution is 2.44. The zero-order chi connectivity index (χ0) is 24.6. The first-order chi connectivity index (χ1) is 16.9. The molecule has 0 saturated heterocycles. The standard InChI is InChI=1S/C25H28N6O4/c1-15-12-19(30-29-15)16-5-7-17(8-6-16)22(33)18-4-2-3-9-25(18,14-32)24(35)28-20-13-27-31-11-10-26-23(34)21(20)31/h5-8,12-13,18,32H,2-4,9-11,14H2,1H3,(H,26,34)(H,28,35)(H,29,30)/t18-,25-/m0/s1. The first-order valence-electron chi connectivity index (χ1n) is 11.9. The smallest absolute Gasteiger partial charge is 0.271 e. The molecule has 3 heterocycles. The second kappa shape index (κ2) is 9.10. The van der Waals surface area contributed by atoms with Gasteiger partial charge in [0.2, 0.25) is 5.91 Å². The number of nitrogens with zero attached hydrogens (tertiary/aromatic N) is 3. The van der Waals surface area contributed by atoms with E-state index in [9.17, 15) is 19.5 Å². The van der Waals surface area contributed by atoms with Crippen molar-refractivity contribution in [1.82, 2.24) is 25.3 Å². The van der Waals surface area contributed by atoms with E-state index in [1.54, 1.807) is 16.8 Å². The van der Waals surface area contributed by atoms with Crippen LogP contribution in [0.1, 0.15) is 52.2 Å². The minimum atomic E-state index is -1.28. The molecule has 1 aliphatic carbocycles. The van der Waals surface area contributed by atoms with Gasteiger partial charge in [-0.2, -0.15) is 10.2 Å². The number of nitrogens with one attached hydrogen (secondary N) is 3. The minimum Gasteiger partial charge on any atom is -0.395 e. The molecule has 2 atom stereocenters. The molecule has 1 fully saturated rings. The van der Waals surface area contributed by atoms with Crippen molar-refractivity contribution < 1.29 is 19.5 Å². The van der Waals surface area contributed by atoms with Crippen molar-refractivity contribution in [1.29, 1.82) is 0 Å². The molecular weight excluding hydrogens is 448 g/mol. The fraction of sp³-hybridized carbons (Fsp3) is 0.400. The Morgan fingerprint density at radius 2 is 2.06 bits per heavy atom. The number of hydrogen-bond acceptors (Lipinski definition) is 6. The first kappa shape index (κ1) is 23.0. The number of aryl methyl sites for hydroxylation is 1. The number of H-pyrrole nitrogens is 1. The van der Waals surface area contributed by atoms with Gasteiger partial charge in [0.25, 0.3) is 5.91 Å². The predicted molar refractivity (Wildman–Crippen MR) is 128 cm³/mol. The number of fused-ring (bicyclic) bond motifs is 1. The Hall–Kier alpha value is -3.79. The highest BCUT2D eigenvalue weighted by atomic mass is 16.3. The summed E-state index contributed by atoms with van der Waals surface area (Å²) in [7, 11) is 0. The second-order valence-corrected chi connectivity index (χ2v) is 9.33. The molecule has 1 aliphatic heterocycles. The Morgan fingerprint density at radius 3 is 2.77 bits per heavy atom. The van der Waals surface area contributed by atoms with Crippen molar-refractivity contribution in [2.75, 3.05) is 18.5 Å². The summed E-state index contributed by atoms with van der Waals surface area (Å²) in [6, 6.07) is 9.09. The van der Waals surface area contributed by atoms with Crippen LogP contribution in [0.25, 0.3) is 11.3 Å². The third-order valence-corrected chi connectivity index (χ3v) is 7.17. The average Bonchev–Trinajstić information content (AvgIpc) is 3.50. The molecular formula is C25H28N6O4. The third kappa shape index (κ3) is 4.03. The number of aliphatic hydroxyl groups is 1. The van der Waals surface area contributed by atoms with E-state index in [-0.39, 0.29) is 23.1 Å². The molecule has 0 radical (unpaired) electrons. The van der Waals surface area contributed by atoms with Crippen LogP contribution in [-0.4, -0.2) is 55.8 Å². The molecule has 35 heavy (non-hydrogen) atoms. The van der Waals surface area contributed by atoms with Gasteiger partial charge in [0.15, 0.2) is 5.78 Å². The SMILES string of the molecule is Cc1cc(-c2ccc(C(=O)[C@@H]3CCCC[C@@]3(CO)C(=O)Nc3cnn4c3C(=O)NCC4)cc2)n[nH]1. The van der Waals surface area contributed by atoms with Crippen molar-refractivity contribution in [2.45, 2.75) is 39.2 Å². The molecule has 10 heteroatoms. The third-order valence-electron chi connectivity index (χ3n) is 7.17. The van der Waals surface area contributed by atoms with Gasteiger partial charge in [-0.25, -0.2) is 0 Å². The van der Waals surface area contributed by atoms with Crippen LogP contribution in [0.5, 0.6) is 0 Å². The van der Waals surface area contributed by atoms with Gasteiger partial charge in [-0.15, -0.1) is 0 Å². The number of rotatable bonds is 6. The Labute approximate surface area is 202 Å². The number of Topliss-reactive ketones (excluding diaryl/α,β-unsaturated/α-hetero) is 1. The molecule has 1 saturated carbocycles. The summed E-state index contributed by atoms with van der Waals surface area (Å²) in [4.78, 5) is 39.5. The summed E-state index contributed by atoms with van der Waals surface area (Å²) in [5.41, 5.74) is 2.38. The molecule has 2 aliphatic rings. The van der Waals surface area contributed by atoms with Crippen LogP contribution in [-0.2, 0) is 11.3 Å². The van der Waals surface area contributed by atoms with Crippen molar-refractivity contribution in [3.63, 3.8) is 0 Å². The monoisotopic (exact) mass is 476 g/mol. The van der Waals surface area contributed by atoms with Crippen molar-refractivity contribution in [3.05, 3.63) is 53.5 Å². The van der Waals surface area contributed by atoms with Gasteiger partial charge in [-0.1, -0.05) is 37.1 Å². The van der Waals surface area contributed by atoms with E-state index in [0.717, 1.165) is 29.8 Å². The molecule has 182 valence electrons. The van der Waals surface area contributed by atoms with Crippen LogP contribution in [0.2, 0.25) is 0 Å². The van der Waals surface area contributed by atoms with E-state index in [1.807, 2.05) is 25.1 Å². The summed E-state index contributed by atoms with van der Waals surface area (Å²) >= 11 is 0. The van der Waals surface area contributed by atoms with Gasteiger partial charge < -0.3 is 15.7 Å². The molecule has 1 aromatic carbocycles. The van der Waals surface area contributed by atoms with Crippen LogP contribution in [0.4, 0.5) is 5.69 Å². The fourth-order valence-corrected chi connectivity index (χ4v) is 5.22. The Balaban J connectivity index is 1.41. The van der Waals surface area contributed by atoms with Crippen LogP contribution in [0.3, 0.4) is 0 Å². The molecule has 4 N–H and O–H groups in total. The van der Waals surface area contributed by atoms with Gasteiger partial charge in [-0.05, 0) is 25.8 Å². The summed E-state index contributed by atoms with van der Waals surface area (Å²) in [5.74, 6) is -1.63. The zero-order valence-electron chi connectivity index (χ0n) is 19.5. The van der Waals surface area contributed by atoms with Crippen LogP contribution >= 0.6 is 0 Å². The first-order valence-corrected chi connectivity index (χ1v) is 11.9. The zero-order valence-corrected chi connectivity index (χ0v) is 19.5. The normalized spacial score (nSPS) is 21.8. The van der Waals surface area contributed by atoms with Gasteiger partial charge >= 0.3 is 0 Å². The van der Waals surface area contributed by atoms with Gasteiger partial charge in [0, 0.05) is 29.3 Å². The van der Waals surface area contributed by atoms with Crippen LogP contribution in [0.15, 0.2) is 36.5 Å². The van der Waals surface area contributed by atoms with Crippen molar-refractivity contribution >= 4 is 23.3 Å². The Bertz CT molecular complexity index is 1280. The quantitative estimate of drug-likeness (QED) is 0.402. The molecule has 0 bridgehead atoms. The van der Waals surface area contributed by atoms with Crippen LogP contribution < -0.4 is 10.6 Å². The molecule has 3 aromatic rings. The van der Waals surface area contributed by atoms with Crippen molar-refractivity contribution in [3.8, 4) is 11.3 Å². The minimum absolute atomic E-state index is 0.173. The topological polar surface area (TPSA) is 142 Å². The number of aromatic amines is 1. The van der Waals surface area contributed by atoms with Crippen LogP contribution in [0, 0.1) is 18.3 Å². The van der Waals surface area contributed by atoms with E-state index in [0.29, 0.717) is 31.5 Å². The lowest BCUT2D eigenvalue weighted by molar-refractivity contribution is -0.133. The van der Waals surface area contributed by atoms with Gasteiger partial charge in [0.05, 0.1) is 36.1 Å². The maximum Gasteiger partial charge on any atom is 0.271 e. The largest absolute Gasteiger partial charge is 0.395 e. The molecule has 5 rings (SSSR count). The molecule has 10 nitrogen and oxygen atoms in total. The molecule has 2 aromatic heterocycles. The summed E-state index contributed by atoms with van der Waals surface area (Å²) < 4.78 is 1.55. The Morgan fingerprint density at radius 1 is 1.26 bits per heavy atom. The number of carbonyl (C=O) groups excluding carboxylic acids is 3. The van der Waals surface area contributed by atoms with E-state index in [1.165, 1.54) is 6.20 Å². The lowest BCUT2D eigenvalue weighted by atomic mass is 9.63. The van der Waals surface area contributed by atoms with E-state index < -0.39 is 23.8 Å². The highest BCUT2D eigenvalue weighted by molar-refractivity contribution is 6.07. The van der Waals surface area contributed by atoms with E-state index in [4.69, 9.17) is 0 Å². The average molecular weight is 477 g/mol. The highest BCUT2D eigenvalue weighted by Gasteiger charge is 2.50. The molecule has 2 amide bonds. The lowest BCUT2D eigenvalue weighted by Gasteiger charge is -2.40. The van der Waals surface area contributed by atoms with Gasteiger partial charge in [-0.3, -0.25) is 24.2 Å². The predicted octanol–water partition coefficient (Wildman–Crippen LogP) is 2.32. The maximum absolute atomic E-state index is 13.6. The number of benzene rings is 1. The van der Waals surface area contributed by atoms with Crippen molar-refractivity contribution in [2.24, 2.45) is 11.3 Å². The molecule has 0 unspecified atom stereocenters. The second-order valence-electron chi connectivity index (χ2n) is 9.33. The number of anilines is 1. The Kier molecular flexibility index (Phi) is 5.98. The number of amides is 2. The lowest BCUT2D eigenvalue weighted by Crippen LogP contribution is -2.50. The fourth-order valence-electron chi connectivity index (χ4n) is 5.22. The summed E-state index contributed by atoms with van der Waals surface area (Å²) in [6.45, 7) is 2.44. The number of carbonyl (C=O) groups is 3. The van der Waals surface area contributed by atoms with Gasteiger partial charge in [0.1, 0.15) is 5.69 Å². The van der Waals surface area contributed by atoms with E-state index >= 15 is 0 Å². The number of ketones is 1. The maximum atomic E-state index is 13.6. The summed E-state index contributed by atoms with van der Waals surface area (Å²) in [5, 5.41) is 27.4.